The molecule has 0 atom stereocenters. The molecule has 3 rings (SSSR count). The number of rotatable bonds is 5. The van der Waals surface area contributed by atoms with E-state index in [1.165, 1.54) is 16.9 Å². The Morgan fingerprint density at radius 1 is 1.24 bits per heavy atom. The molecule has 0 unspecified atom stereocenters. The average molecular weight is 354 g/mol. The van der Waals surface area contributed by atoms with Crippen molar-refractivity contribution < 1.29 is 4.79 Å². The molecule has 0 aliphatic heterocycles. The minimum Gasteiger partial charge on any atom is -0.351 e. The van der Waals surface area contributed by atoms with Gasteiger partial charge in [0.2, 0.25) is 0 Å². The Bertz CT molecular complexity index is 829. The fraction of sp³-hybridized carbons (Fsp3) is 0.316. The molecule has 3 aromatic rings. The zero-order valence-electron chi connectivity index (χ0n) is 14.7. The smallest absolute Gasteiger partial charge is 0.263 e. The van der Waals surface area contributed by atoms with Crippen LogP contribution in [0, 0.1) is 0 Å². The van der Waals surface area contributed by atoms with Crippen molar-refractivity contribution >= 4 is 17.2 Å². The monoisotopic (exact) mass is 354 g/mol. The molecule has 5 nitrogen and oxygen atoms in total. The Morgan fingerprint density at radius 2 is 2.00 bits per heavy atom. The van der Waals surface area contributed by atoms with E-state index in [1.807, 2.05) is 29.1 Å². The van der Waals surface area contributed by atoms with Gasteiger partial charge in [0.1, 0.15) is 4.88 Å². The van der Waals surface area contributed by atoms with Crippen LogP contribution in [0.25, 0.3) is 5.69 Å². The third-order valence-electron chi connectivity index (χ3n) is 3.78. The van der Waals surface area contributed by atoms with Gasteiger partial charge in [-0.1, -0.05) is 32.9 Å². The Hall–Kier alpha value is -2.47. The summed E-state index contributed by atoms with van der Waals surface area (Å²) in [5.41, 5.74) is 2.17. The summed E-state index contributed by atoms with van der Waals surface area (Å²) in [5.74, 6) is -0.0545. The Kier molecular flexibility index (Phi) is 4.99. The van der Waals surface area contributed by atoms with Crippen LogP contribution in [0.1, 0.15) is 41.0 Å². The van der Waals surface area contributed by atoms with Gasteiger partial charge in [-0.15, -0.1) is 11.3 Å². The van der Waals surface area contributed by atoms with E-state index in [9.17, 15) is 4.79 Å². The van der Waals surface area contributed by atoms with Crippen LogP contribution in [0.3, 0.4) is 0 Å². The fourth-order valence-electron chi connectivity index (χ4n) is 2.37. The lowest BCUT2D eigenvalue weighted by molar-refractivity contribution is 0.0958. The first-order chi connectivity index (χ1) is 11.9. The van der Waals surface area contributed by atoms with Crippen LogP contribution < -0.4 is 5.32 Å². The molecule has 0 radical (unpaired) electrons. The number of hydrogen-bond donors (Lipinski definition) is 1. The molecule has 1 N–H and O–H groups in total. The third kappa shape index (κ3) is 4.33. The number of aromatic nitrogens is 3. The number of nitrogens with zero attached hydrogens (tertiary/aromatic N) is 3. The van der Waals surface area contributed by atoms with Gasteiger partial charge in [0, 0.05) is 24.4 Å². The Labute approximate surface area is 151 Å². The standard InChI is InChI=1S/C19H22N4OS/c1-19(2,3)18-21-13-16(25-18)17(24)20-11-9-14-5-7-15(8-6-14)23-12-4-10-22-23/h4-8,10,12-13H,9,11H2,1-3H3,(H,20,24). The molecule has 2 aromatic heterocycles. The van der Waals surface area contributed by atoms with Gasteiger partial charge in [-0.2, -0.15) is 5.10 Å². The van der Waals surface area contributed by atoms with E-state index in [0.717, 1.165) is 17.1 Å². The Balaban J connectivity index is 1.52. The van der Waals surface area contributed by atoms with E-state index >= 15 is 0 Å². The number of carbonyl (C=O) groups excluding carboxylic acids is 1. The third-order valence-corrected chi connectivity index (χ3v) is 5.20. The number of carbonyl (C=O) groups is 1. The van der Waals surface area contributed by atoms with Crippen molar-refractivity contribution in [3.8, 4) is 5.69 Å². The first kappa shape index (κ1) is 17.4. The van der Waals surface area contributed by atoms with E-state index in [4.69, 9.17) is 0 Å². The second-order valence-corrected chi connectivity index (χ2v) is 7.93. The summed E-state index contributed by atoms with van der Waals surface area (Å²) < 4.78 is 1.82. The fourth-order valence-corrected chi connectivity index (χ4v) is 3.26. The molecular formula is C19H22N4OS. The second-order valence-electron chi connectivity index (χ2n) is 6.90. The molecule has 0 aliphatic carbocycles. The molecule has 25 heavy (non-hydrogen) atoms. The number of benzene rings is 1. The highest BCUT2D eigenvalue weighted by molar-refractivity contribution is 7.13. The van der Waals surface area contributed by atoms with Crippen molar-refractivity contribution in [1.29, 1.82) is 0 Å². The predicted molar refractivity (Wildman–Crippen MR) is 100 cm³/mol. The van der Waals surface area contributed by atoms with Crippen molar-refractivity contribution in [3.63, 3.8) is 0 Å². The van der Waals surface area contributed by atoms with Gasteiger partial charge in [0.15, 0.2) is 0 Å². The average Bonchev–Trinajstić information content (AvgIpc) is 3.27. The van der Waals surface area contributed by atoms with Gasteiger partial charge in [0.25, 0.3) is 5.91 Å². The highest BCUT2D eigenvalue weighted by Gasteiger charge is 2.20. The lowest BCUT2D eigenvalue weighted by Crippen LogP contribution is -2.24. The molecule has 1 amide bonds. The van der Waals surface area contributed by atoms with E-state index in [-0.39, 0.29) is 11.3 Å². The molecule has 2 heterocycles. The van der Waals surface area contributed by atoms with Crippen LogP contribution in [0.15, 0.2) is 48.9 Å². The molecule has 130 valence electrons. The zero-order valence-corrected chi connectivity index (χ0v) is 15.5. The van der Waals surface area contributed by atoms with Crippen molar-refractivity contribution in [1.82, 2.24) is 20.1 Å². The van der Waals surface area contributed by atoms with E-state index in [1.54, 1.807) is 12.4 Å². The predicted octanol–water partition coefficient (Wildman–Crippen LogP) is 3.60. The SMILES string of the molecule is CC(C)(C)c1ncc(C(=O)NCCc2ccc(-n3cccn3)cc2)s1. The molecule has 0 saturated heterocycles. The maximum Gasteiger partial charge on any atom is 0.263 e. The van der Waals surface area contributed by atoms with Gasteiger partial charge in [0.05, 0.1) is 16.9 Å². The molecule has 0 saturated carbocycles. The normalized spacial score (nSPS) is 11.5. The van der Waals surface area contributed by atoms with Crippen molar-refractivity contribution in [2.24, 2.45) is 0 Å². The summed E-state index contributed by atoms with van der Waals surface area (Å²) in [7, 11) is 0. The highest BCUT2D eigenvalue weighted by Crippen LogP contribution is 2.26. The van der Waals surface area contributed by atoms with E-state index in [2.05, 4.69) is 48.3 Å². The second kappa shape index (κ2) is 7.19. The van der Waals surface area contributed by atoms with Crippen LogP contribution in [0.2, 0.25) is 0 Å². The van der Waals surface area contributed by atoms with Crippen LogP contribution in [-0.2, 0) is 11.8 Å². The summed E-state index contributed by atoms with van der Waals surface area (Å²) in [6.07, 6.45) is 6.12. The quantitative estimate of drug-likeness (QED) is 0.761. The highest BCUT2D eigenvalue weighted by atomic mass is 32.1. The van der Waals surface area contributed by atoms with Gasteiger partial charge in [-0.3, -0.25) is 4.79 Å². The first-order valence-electron chi connectivity index (χ1n) is 8.27. The molecule has 1 aromatic carbocycles. The zero-order chi connectivity index (χ0) is 17.9. The number of thiazole rings is 1. The van der Waals surface area contributed by atoms with E-state index < -0.39 is 0 Å². The summed E-state index contributed by atoms with van der Waals surface area (Å²) in [4.78, 5) is 17.3. The molecule has 0 fully saturated rings. The maximum absolute atomic E-state index is 12.2. The van der Waals surface area contributed by atoms with Gasteiger partial charge in [-0.25, -0.2) is 9.67 Å². The molecule has 0 aliphatic rings. The van der Waals surface area contributed by atoms with Crippen molar-refractivity contribution in [2.45, 2.75) is 32.6 Å². The minimum atomic E-state index is -0.0545. The summed E-state index contributed by atoms with van der Waals surface area (Å²) in [6, 6.07) is 10.1. The number of hydrogen-bond acceptors (Lipinski definition) is 4. The minimum absolute atomic E-state index is 0.0283. The van der Waals surface area contributed by atoms with Crippen LogP contribution in [0.4, 0.5) is 0 Å². The number of amides is 1. The van der Waals surface area contributed by atoms with Crippen LogP contribution >= 0.6 is 11.3 Å². The van der Waals surface area contributed by atoms with Gasteiger partial charge < -0.3 is 5.32 Å². The van der Waals surface area contributed by atoms with Crippen molar-refractivity contribution in [3.05, 3.63) is 64.4 Å². The van der Waals surface area contributed by atoms with Crippen LogP contribution in [-0.4, -0.2) is 27.2 Å². The molecule has 0 spiro atoms. The summed E-state index contributed by atoms with van der Waals surface area (Å²) >= 11 is 1.46. The Morgan fingerprint density at radius 3 is 2.60 bits per heavy atom. The molecule has 6 heteroatoms. The largest absolute Gasteiger partial charge is 0.351 e. The maximum atomic E-state index is 12.2. The topological polar surface area (TPSA) is 59.8 Å². The summed E-state index contributed by atoms with van der Waals surface area (Å²) in [6.45, 7) is 6.89. The van der Waals surface area contributed by atoms with Crippen molar-refractivity contribution in [2.75, 3.05) is 6.54 Å². The first-order valence-corrected chi connectivity index (χ1v) is 9.08. The summed E-state index contributed by atoms with van der Waals surface area (Å²) in [5, 5.41) is 8.16. The van der Waals surface area contributed by atoms with E-state index in [0.29, 0.717) is 11.4 Å². The number of nitrogens with one attached hydrogen (secondary N) is 1. The lowest BCUT2D eigenvalue weighted by atomic mass is 9.98. The van der Waals surface area contributed by atoms with Gasteiger partial charge in [-0.05, 0) is 30.2 Å². The molecule has 0 bridgehead atoms. The lowest BCUT2D eigenvalue weighted by Gasteiger charge is -2.13. The van der Waals surface area contributed by atoms with Crippen LogP contribution in [0.5, 0.6) is 0 Å². The van der Waals surface area contributed by atoms with Gasteiger partial charge >= 0.3 is 0 Å². The molecular weight excluding hydrogens is 332 g/mol.